The van der Waals surface area contributed by atoms with E-state index in [9.17, 15) is 5.26 Å². The maximum atomic E-state index is 10.3. The number of hydrogen-bond acceptors (Lipinski definition) is 1. The first-order chi connectivity index (χ1) is 12.9. The van der Waals surface area contributed by atoms with Crippen LogP contribution in [0.15, 0.2) is 75.7 Å². The van der Waals surface area contributed by atoms with Crippen molar-refractivity contribution in [1.82, 2.24) is 0 Å². The summed E-state index contributed by atoms with van der Waals surface area (Å²) >= 11 is 11.9. The highest BCUT2D eigenvalue weighted by atomic mass is 127. The summed E-state index contributed by atoms with van der Waals surface area (Å²) in [5.41, 5.74) is 2.73. The standard InChI is InChI=1S/C22H15Br2I2N/c23-18-10-15(6-8-20(18)25)12-22(14-27,17-4-2-1-3-5-17)13-16-7-9-21(26)19(24)11-16/h1-11H,12-13H2. The fourth-order valence-corrected chi connectivity index (χ4v) is 4.69. The van der Waals surface area contributed by atoms with Gasteiger partial charge in [0, 0.05) is 16.1 Å². The average molecular weight is 707 g/mol. The molecule has 0 bridgehead atoms. The molecule has 0 N–H and O–H groups in total. The van der Waals surface area contributed by atoms with Crippen LogP contribution in [-0.2, 0) is 18.3 Å². The van der Waals surface area contributed by atoms with E-state index < -0.39 is 5.41 Å². The van der Waals surface area contributed by atoms with Crippen LogP contribution in [0.3, 0.4) is 0 Å². The molecule has 0 heterocycles. The number of rotatable bonds is 5. The van der Waals surface area contributed by atoms with Crippen LogP contribution < -0.4 is 0 Å². The Bertz CT molecular complexity index is 943. The number of hydrogen-bond donors (Lipinski definition) is 0. The van der Waals surface area contributed by atoms with Gasteiger partial charge in [0.2, 0.25) is 0 Å². The normalized spacial score (nSPS) is 11.2. The van der Waals surface area contributed by atoms with E-state index in [2.05, 4.69) is 132 Å². The Morgan fingerprint density at radius 3 is 1.67 bits per heavy atom. The van der Waals surface area contributed by atoms with Crippen LogP contribution >= 0.6 is 77.0 Å². The van der Waals surface area contributed by atoms with Gasteiger partial charge in [-0.15, -0.1) is 0 Å². The van der Waals surface area contributed by atoms with Crippen LogP contribution in [0.1, 0.15) is 16.7 Å². The van der Waals surface area contributed by atoms with E-state index in [0.29, 0.717) is 12.8 Å². The van der Waals surface area contributed by atoms with E-state index in [4.69, 9.17) is 0 Å². The topological polar surface area (TPSA) is 23.8 Å². The van der Waals surface area contributed by atoms with Crippen molar-refractivity contribution in [2.45, 2.75) is 18.3 Å². The predicted molar refractivity (Wildman–Crippen MR) is 135 cm³/mol. The van der Waals surface area contributed by atoms with Gasteiger partial charge in [-0.2, -0.15) is 5.26 Å². The molecule has 0 aliphatic rings. The van der Waals surface area contributed by atoms with E-state index in [-0.39, 0.29) is 0 Å². The molecular formula is C22H15Br2I2N. The monoisotopic (exact) mass is 705 g/mol. The van der Waals surface area contributed by atoms with E-state index in [1.165, 1.54) is 7.14 Å². The average Bonchev–Trinajstić information content (AvgIpc) is 2.68. The van der Waals surface area contributed by atoms with Crippen molar-refractivity contribution >= 4 is 77.0 Å². The molecule has 0 spiro atoms. The smallest absolute Gasteiger partial charge is 0.0902 e. The summed E-state index contributed by atoms with van der Waals surface area (Å²) in [6, 6.07) is 25.5. The van der Waals surface area contributed by atoms with Gasteiger partial charge in [-0.1, -0.05) is 42.5 Å². The zero-order valence-corrected chi connectivity index (χ0v) is 21.7. The van der Waals surface area contributed by atoms with Crippen molar-refractivity contribution < 1.29 is 0 Å². The second kappa shape index (κ2) is 9.38. The fourth-order valence-electron chi connectivity index (χ4n) is 3.16. The molecule has 0 radical (unpaired) electrons. The van der Waals surface area contributed by atoms with E-state index in [1.807, 2.05) is 18.2 Å². The fraction of sp³-hybridized carbons (Fsp3) is 0.136. The van der Waals surface area contributed by atoms with Crippen LogP contribution in [0.25, 0.3) is 0 Å². The lowest BCUT2D eigenvalue weighted by Gasteiger charge is -2.28. The molecule has 3 rings (SSSR count). The highest BCUT2D eigenvalue weighted by Gasteiger charge is 2.33. The molecule has 3 aromatic rings. The quantitative estimate of drug-likeness (QED) is 0.250. The molecule has 5 heteroatoms. The second-order valence-corrected chi connectivity index (χ2v) is 10.4. The number of benzene rings is 3. The van der Waals surface area contributed by atoms with Crippen molar-refractivity contribution in [3.63, 3.8) is 0 Å². The van der Waals surface area contributed by atoms with Gasteiger partial charge in [-0.3, -0.25) is 0 Å². The Morgan fingerprint density at radius 2 is 1.26 bits per heavy atom. The lowest BCUT2D eigenvalue weighted by molar-refractivity contribution is 0.541. The summed E-state index contributed by atoms with van der Waals surface area (Å²) in [5, 5.41) is 10.3. The van der Waals surface area contributed by atoms with Crippen molar-refractivity contribution in [3.8, 4) is 6.07 Å². The molecule has 1 nitrogen and oxygen atoms in total. The van der Waals surface area contributed by atoms with Crippen LogP contribution in [0.5, 0.6) is 0 Å². The van der Waals surface area contributed by atoms with Crippen LogP contribution in [0, 0.1) is 18.5 Å². The van der Waals surface area contributed by atoms with E-state index in [1.54, 1.807) is 0 Å². The molecule has 0 saturated heterocycles. The zero-order valence-electron chi connectivity index (χ0n) is 14.2. The summed E-state index contributed by atoms with van der Waals surface area (Å²) < 4.78 is 4.47. The molecule has 3 aromatic carbocycles. The molecule has 0 saturated carbocycles. The second-order valence-electron chi connectivity index (χ2n) is 6.41. The maximum Gasteiger partial charge on any atom is 0.0902 e. The zero-order chi connectivity index (χ0) is 19.4. The Kier molecular flexibility index (Phi) is 7.39. The van der Waals surface area contributed by atoms with Crippen LogP contribution in [-0.4, -0.2) is 0 Å². The first-order valence-corrected chi connectivity index (χ1v) is 12.0. The van der Waals surface area contributed by atoms with Crippen molar-refractivity contribution in [2.24, 2.45) is 0 Å². The Labute approximate surface area is 204 Å². The van der Waals surface area contributed by atoms with Gasteiger partial charge in [-0.05, 0) is 131 Å². The maximum absolute atomic E-state index is 10.3. The Hall–Kier alpha value is -0.430. The van der Waals surface area contributed by atoms with Crippen molar-refractivity contribution in [1.29, 1.82) is 5.26 Å². The largest absolute Gasteiger partial charge is 0.197 e. The summed E-state index contributed by atoms with van der Waals surface area (Å²) in [5.74, 6) is 0. The highest BCUT2D eigenvalue weighted by molar-refractivity contribution is 14.1. The third-order valence-electron chi connectivity index (χ3n) is 4.52. The molecule has 0 aromatic heterocycles. The third-order valence-corrected chi connectivity index (χ3v) is 9.20. The minimum Gasteiger partial charge on any atom is -0.197 e. The van der Waals surface area contributed by atoms with Gasteiger partial charge >= 0.3 is 0 Å². The first-order valence-electron chi connectivity index (χ1n) is 8.28. The van der Waals surface area contributed by atoms with Crippen molar-refractivity contribution in [3.05, 3.63) is 99.5 Å². The molecule has 0 amide bonds. The molecule has 136 valence electrons. The van der Waals surface area contributed by atoms with Gasteiger partial charge in [0.05, 0.1) is 11.5 Å². The van der Waals surface area contributed by atoms with E-state index in [0.717, 1.165) is 25.6 Å². The summed E-state index contributed by atoms with van der Waals surface area (Å²) in [6.45, 7) is 0. The minimum atomic E-state index is -0.625. The molecule has 0 atom stereocenters. The molecule has 27 heavy (non-hydrogen) atoms. The lowest BCUT2D eigenvalue weighted by Crippen LogP contribution is -2.30. The SMILES string of the molecule is N#CC(Cc1ccc(I)c(Br)c1)(Cc1ccc(I)c(Br)c1)c1ccccc1. The summed E-state index contributed by atoms with van der Waals surface area (Å²) in [7, 11) is 0. The third kappa shape index (κ3) is 5.14. The predicted octanol–water partition coefficient (Wildman–Crippen LogP) is 7.67. The number of nitrogens with zero attached hydrogens (tertiary/aromatic N) is 1. The van der Waals surface area contributed by atoms with Crippen LogP contribution in [0.4, 0.5) is 0 Å². The molecule has 0 fully saturated rings. The van der Waals surface area contributed by atoms with Crippen molar-refractivity contribution in [2.75, 3.05) is 0 Å². The number of nitriles is 1. The molecule has 0 aliphatic heterocycles. The van der Waals surface area contributed by atoms with Gasteiger partial charge in [0.25, 0.3) is 0 Å². The van der Waals surface area contributed by atoms with Crippen LogP contribution in [0.2, 0.25) is 0 Å². The number of halogens is 4. The summed E-state index contributed by atoms with van der Waals surface area (Å²) in [6.07, 6.45) is 1.32. The molecule has 0 unspecified atom stereocenters. The molecule has 0 aliphatic carbocycles. The van der Waals surface area contributed by atoms with Gasteiger partial charge in [0.1, 0.15) is 0 Å². The first kappa shape index (κ1) is 21.3. The molecular weight excluding hydrogens is 692 g/mol. The highest BCUT2D eigenvalue weighted by Crippen LogP contribution is 2.34. The minimum absolute atomic E-state index is 0.625. The Balaban J connectivity index is 2.06. The van der Waals surface area contributed by atoms with Gasteiger partial charge < -0.3 is 0 Å². The van der Waals surface area contributed by atoms with Gasteiger partial charge in [0.15, 0.2) is 0 Å². The van der Waals surface area contributed by atoms with E-state index >= 15 is 0 Å². The lowest BCUT2D eigenvalue weighted by atomic mass is 9.72. The van der Waals surface area contributed by atoms with Gasteiger partial charge in [-0.25, -0.2) is 0 Å². The Morgan fingerprint density at radius 1 is 0.778 bits per heavy atom. The summed E-state index contributed by atoms with van der Waals surface area (Å²) in [4.78, 5) is 0.